The summed E-state index contributed by atoms with van der Waals surface area (Å²) >= 11 is 0. The van der Waals surface area contributed by atoms with E-state index in [4.69, 9.17) is 9.84 Å². The van der Waals surface area contributed by atoms with E-state index in [1.165, 1.54) is 16.8 Å². The first-order chi connectivity index (χ1) is 19.0. The van der Waals surface area contributed by atoms with Gasteiger partial charge in [-0.2, -0.15) is 5.10 Å². The van der Waals surface area contributed by atoms with Crippen LogP contribution in [0.25, 0.3) is 0 Å². The van der Waals surface area contributed by atoms with Crippen LogP contribution >= 0.6 is 0 Å². The van der Waals surface area contributed by atoms with Crippen molar-refractivity contribution in [2.45, 2.75) is 66.0 Å². The van der Waals surface area contributed by atoms with Crippen LogP contribution in [0.15, 0.2) is 18.2 Å². The van der Waals surface area contributed by atoms with Gasteiger partial charge in [-0.15, -0.1) is 0 Å². The molecule has 0 unspecified atom stereocenters. The fourth-order valence-corrected chi connectivity index (χ4v) is 5.88. The zero-order valence-corrected chi connectivity index (χ0v) is 24.5. The van der Waals surface area contributed by atoms with Gasteiger partial charge in [0, 0.05) is 69.3 Å². The highest BCUT2D eigenvalue weighted by atomic mass is 16.6. The third-order valence-corrected chi connectivity index (χ3v) is 8.26. The smallest absolute Gasteiger partial charge is 0.410 e. The van der Waals surface area contributed by atoms with E-state index in [0.717, 1.165) is 43.6 Å². The molecule has 216 valence electrons. The number of aromatic nitrogens is 2. The number of fused-ring (bicyclic) bond motifs is 1. The molecule has 1 aromatic heterocycles. The molecular weight excluding hydrogens is 508 g/mol. The minimum atomic E-state index is -0.553. The molecule has 0 spiro atoms. The second-order valence-electron chi connectivity index (χ2n) is 12.1. The fraction of sp³-hybridized carbons (Fsp3) is 0.600. The fourth-order valence-electron chi connectivity index (χ4n) is 5.88. The first kappa shape index (κ1) is 28.0. The molecule has 10 nitrogen and oxygen atoms in total. The predicted octanol–water partition coefficient (Wildman–Crippen LogP) is 3.03. The number of amides is 3. The molecule has 1 aliphatic carbocycles. The molecule has 1 aromatic carbocycles. The Bertz CT molecular complexity index is 1280. The molecule has 2 fully saturated rings. The van der Waals surface area contributed by atoms with Gasteiger partial charge in [0.25, 0.3) is 5.91 Å². The summed E-state index contributed by atoms with van der Waals surface area (Å²) in [6.07, 6.45) is 2.24. The first-order valence-corrected chi connectivity index (χ1v) is 14.5. The van der Waals surface area contributed by atoms with E-state index >= 15 is 0 Å². The quantitative estimate of drug-likeness (QED) is 0.581. The minimum Gasteiger partial charge on any atom is -0.444 e. The zero-order valence-electron chi connectivity index (χ0n) is 24.5. The monoisotopic (exact) mass is 550 g/mol. The second-order valence-corrected chi connectivity index (χ2v) is 12.1. The number of aryl methyl sites for hydroxylation is 1. The Kier molecular flexibility index (Phi) is 7.79. The number of carbonyl (C=O) groups is 3. The van der Waals surface area contributed by atoms with E-state index in [-0.39, 0.29) is 24.5 Å². The van der Waals surface area contributed by atoms with Crippen molar-refractivity contribution in [2.24, 2.45) is 0 Å². The number of carbonyl (C=O) groups excluding carboxylic acids is 3. The van der Waals surface area contributed by atoms with Gasteiger partial charge in [0.15, 0.2) is 5.69 Å². The zero-order chi connectivity index (χ0) is 28.6. The highest BCUT2D eigenvalue weighted by Crippen LogP contribution is 2.28. The Morgan fingerprint density at radius 2 is 1.52 bits per heavy atom. The molecule has 2 aliphatic heterocycles. The maximum absolute atomic E-state index is 13.5. The standard InChI is InChI=1S/C30H42N6O4/c1-21-8-6-10-24(22(21)2)32-12-14-33(15-13-32)26(37)20-36-25-11-7-9-23(25)27(31-36)28(38)34-16-18-35(19-17-34)29(39)40-30(3,4)5/h6,8,10H,7,9,11-20H2,1-5H3. The maximum atomic E-state index is 13.5. The largest absolute Gasteiger partial charge is 0.444 e. The maximum Gasteiger partial charge on any atom is 0.410 e. The highest BCUT2D eigenvalue weighted by Gasteiger charge is 2.33. The third kappa shape index (κ3) is 5.81. The topological polar surface area (TPSA) is 91.2 Å². The number of rotatable bonds is 4. The molecule has 0 N–H and O–H groups in total. The Morgan fingerprint density at radius 1 is 0.875 bits per heavy atom. The van der Waals surface area contributed by atoms with Gasteiger partial charge in [-0.05, 0) is 71.1 Å². The van der Waals surface area contributed by atoms with E-state index in [2.05, 4.69) is 36.9 Å². The van der Waals surface area contributed by atoms with E-state index < -0.39 is 5.60 Å². The van der Waals surface area contributed by atoms with Gasteiger partial charge >= 0.3 is 6.09 Å². The SMILES string of the molecule is Cc1cccc(N2CCN(C(=O)Cn3nc(C(=O)N4CCN(C(=O)OC(C)(C)C)CC4)c4c3CCC4)CC2)c1C. The number of ether oxygens (including phenoxy) is 1. The number of piperazine rings is 2. The lowest BCUT2D eigenvalue weighted by Gasteiger charge is -2.37. The third-order valence-electron chi connectivity index (χ3n) is 8.26. The first-order valence-electron chi connectivity index (χ1n) is 14.5. The summed E-state index contributed by atoms with van der Waals surface area (Å²) in [5.41, 5.74) is 5.71. The predicted molar refractivity (Wildman–Crippen MR) is 153 cm³/mol. The second kappa shape index (κ2) is 11.1. The summed E-state index contributed by atoms with van der Waals surface area (Å²) in [5, 5.41) is 4.69. The van der Waals surface area contributed by atoms with E-state index in [1.54, 1.807) is 14.5 Å². The molecule has 0 radical (unpaired) electrons. The molecular formula is C30H42N6O4. The Hall–Kier alpha value is -3.56. The number of hydrogen-bond acceptors (Lipinski definition) is 6. The van der Waals surface area contributed by atoms with Crippen LogP contribution in [-0.2, 0) is 28.9 Å². The Labute approximate surface area is 236 Å². The van der Waals surface area contributed by atoms with Crippen LogP contribution in [0.1, 0.15) is 60.1 Å². The summed E-state index contributed by atoms with van der Waals surface area (Å²) < 4.78 is 7.25. The van der Waals surface area contributed by atoms with Crippen molar-refractivity contribution in [3.8, 4) is 0 Å². The van der Waals surface area contributed by atoms with Crippen molar-refractivity contribution in [2.75, 3.05) is 57.3 Å². The summed E-state index contributed by atoms with van der Waals surface area (Å²) in [5.74, 6) is -0.0712. The molecule has 3 aliphatic rings. The molecule has 3 heterocycles. The lowest BCUT2D eigenvalue weighted by atomic mass is 10.1. The Balaban J connectivity index is 1.20. The summed E-state index contributed by atoms with van der Waals surface area (Å²) in [4.78, 5) is 46.9. The van der Waals surface area contributed by atoms with Crippen LogP contribution < -0.4 is 4.90 Å². The lowest BCUT2D eigenvalue weighted by Crippen LogP contribution is -2.51. The normalized spacial score (nSPS) is 17.7. The summed E-state index contributed by atoms with van der Waals surface area (Å²) in [7, 11) is 0. The average molecular weight is 551 g/mol. The van der Waals surface area contributed by atoms with E-state index in [9.17, 15) is 14.4 Å². The van der Waals surface area contributed by atoms with Gasteiger partial charge < -0.3 is 24.3 Å². The van der Waals surface area contributed by atoms with Crippen molar-refractivity contribution in [3.63, 3.8) is 0 Å². The van der Waals surface area contributed by atoms with Crippen molar-refractivity contribution in [1.29, 1.82) is 0 Å². The van der Waals surface area contributed by atoms with Gasteiger partial charge in [0.2, 0.25) is 5.91 Å². The van der Waals surface area contributed by atoms with Gasteiger partial charge in [-0.1, -0.05) is 12.1 Å². The van der Waals surface area contributed by atoms with Crippen molar-refractivity contribution in [3.05, 3.63) is 46.3 Å². The molecule has 5 rings (SSSR count). The van der Waals surface area contributed by atoms with Crippen LogP contribution in [0.5, 0.6) is 0 Å². The molecule has 10 heteroatoms. The molecule has 3 amide bonds. The van der Waals surface area contributed by atoms with Crippen LogP contribution in [0.3, 0.4) is 0 Å². The molecule has 0 atom stereocenters. The summed E-state index contributed by atoms with van der Waals surface area (Å²) in [6.45, 7) is 14.6. The Morgan fingerprint density at radius 3 is 2.20 bits per heavy atom. The molecule has 2 saturated heterocycles. The molecule has 0 saturated carbocycles. The van der Waals surface area contributed by atoms with Crippen LogP contribution in [0.4, 0.5) is 10.5 Å². The molecule has 40 heavy (non-hydrogen) atoms. The number of anilines is 1. The van der Waals surface area contributed by atoms with Gasteiger partial charge in [0.05, 0.1) is 0 Å². The lowest BCUT2D eigenvalue weighted by molar-refractivity contribution is -0.132. The van der Waals surface area contributed by atoms with E-state index in [0.29, 0.717) is 45.0 Å². The average Bonchev–Trinajstić information content (AvgIpc) is 3.53. The van der Waals surface area contributed by atoms with Crippen molar-refractivity contribution in [1.82, 2.24) is 24.5 Å². The van der Waals surface area contributed by atoms with Crippen LogP contribution in [-0.4, -0.2) is 100 Å². The number of nitrogens with zero attached hydrogens (tertiary/aromatic N) is 6. The molecule has 0 bridgehead atoms. The number of hydrogen-bond donors (Lipinski definition) is 0. The van der Waals surface area contributed by atoms with Crippen LogP contribution in [0, 0.1) is 13.8 Å². The highest BCUT2D eigenvalue weighted by molar-refractivity contribution is 5.94. The summed E-state index contributed by atoms with van der Waals surface area (Å²) in [6, 6.07) is 6.38. The van der Waals surface area contributed by atoms with E-state index in [1.807, 2.05) is 25.7 Å². The number of benzene rings is 1. The van der Waals surface area contributed by atoms with Crippen molar-refractivity contribution < 1.29 is 19.1 Å². The van der Waals surface area contributed by atoms with Crippen LogP contribution in [0.2, 0.25) is 0 Å². The molecule has 2 aromatic rings. The van der Waals surface area contributed by atoms with Crippen molar-refractivity contribution >= 4 is 23.6 Å². The van der Waals surface area contributed by atoms with Gasteiger partial charge in [-0.25, -0.2) is 4.79 Å². The minimum absolute atomic E-state index is 0.0442. The van der Waals surface area contributed by atoms with Gasteiger partial charge in [0.1, 0.15) is 12.1 Å². The van der Waals surface area contributed by atoms with Gasteiger partial charge in [-0.3, -0.25) is 14.3 Å².